The van der Waals surface area contributed by atoms with Crippen LogP contribution in [0.3, 0.4) is 0 Å². The maximum atomic E-state index is 12.2. The van der Waals surface area contributed by atoms with E-state index in [1.54, 1.807) is 10.7 Å². The lowest BCUT2D eigenvalue weighted by atomic mass is 10.1. The summed E-state index contributed by atoms with van der Waals surface area (Å²) in [5.74, 6) is -0.648. The summed E-state index contributed by atoms with van der Waals surface area (Å²) in [6.45, 7) is 7.44. The molecule has 0 aliphatic heterocycles. The van der Waals surface area contributed by atoms with Gasteiger partial charge < -0.3 is 16.4 Å². The molecule has 0 spiro atoms. The van der Waals surface area contributed by atoms with Crippen molar-refractivity contribution in [1.82, 2.24) is 15.1 Å². The average molecular weight is 380 g/mol. The van der Waals surface area contributed by atoms with Crippen molar-refractivity contribution in [2.75, 3.05) is 11.9 Å². The molecular weight excluding hydrogens is 354 g/mol. The van der Waals surface area contributed by atoms with Crippen LogP contribution in [0.15, 0.2) is 30.3 Å². The van der Waals surface area contributed by atoms with Crippen LogP contribution in [-0.2, 0) is 9.59 Å². The number of rotatable bonds is 6. The van der Waals surface area contributed by atoms with Crippen LogP contribution in [0, 0.1) is 19.8 Å². The lowest BCUT2D eigenvalue weighted by molar-refractivity contribution is -0.125. The van der Waals surface area contributed by atoms with E-state index in [0.29, 0.717) is 5.69 Å². The summed E-state index contributed by atoms with van der Waals surface area (Å²) >= 11 is 0. The van der Waals surface area contributed by atoms with Crippen molar-refractivity contribution in [3.63, 3.8) is 0 Å². The third-order valence-electron chi connectivity index (χ3n) is 3.86. The summed E-state index contributed by atoms with van der Waals surface area (Å²) in [4.78, 5) is 24.0. The quantitative estimate of drug-likeness (QED) is 0.713. The number of para-hydroxylation sites is 2. The molecule has 0 unspecified atom stereocenters. The van der Waals surface area contributed by atoms with Crippen molar-refractivity contribution >= 4 is 29.9 Å². The molecule has 0 aliphatic rings. The molecule has 0 radical (unpaired) electrons. The summed E-state index contributed by atoms with van der Waals surface area (Å²) in [5.41, 5.74) is 9.02. The molecule has 26 heavy (non-hydrogen) atoms. The predicted octanol–water partition coefficient (Wildman–Crippen LogP) is 1.95. The molecule has 2 rings (SSSR count). The third kappa shape index (κ3) is 5.31. The van der Waals surface area contributed by atoms with Gasteiger partial charge in [0.15, 0.2) is 0 Å². The molecular formula is C18H26ClN5O2. The van der Waals surface area contributed by atoms with Gasteiger partial charge in [0.05, 0.1) is 29.7 Å². The maximum absolute atomic E-state index is 12.2. The van der Waals surface area contributed by atoms with Gasteiger partial charge in [0, 0.05) is 5.69 Å². The molecule has 2 amide bonds. The summed E-state index contributed by atoms with van der Waals surface area (Å²) in [5, 5.41) is 9.82. The van der Waals surface area contributed by atoms with E-state index in [1.807, 2.05) is 52.0 Å². The number of amides is 2. The van der Waals surface area contributed by atoms with Crippen LogP contribution < -0.4 is 16.4 Å². The molecule has 0 fully saturated rings. The highest BCUT2D eigenvalue weighted by Crippen LogP contribution is 2.21. The maximum Gasteiger partial charge on any atom is 0.243 e. The molecule has 8 heteroatoms. The monoisotopic (exact) mass is 379 g/mol. The number of carbonyl (C=O) groups is 2. The van der Waals surface area contributed by atoms with Crippen LogP contribution >= 0.6 is 12.4 Å². The second-order valence-corrected chi connectivity index (χ2v) is 6.39. The van der Waals surface area contributed by atoms with Gasteiger partial charge in [-0.2, -0.15) is 5.10 Å². The number of nitrogens with one attached hydrogen (secondary N) is 2. The van der Waals surface area contributed by atoms with Gasteiger partial charge >= 0.3 is 0 Å². The molecule has 0 saturated heterocycles. The van der Waals surface area contributed by atoms with Crippen LogP contribution in [0.2, 0.25) is 0 Å². The Balaban J connectivity index is 0.00000338. The summed E-state index contributed by atoms with van der Waals surface area (Å²) in [6, 6.07) is 8.72. The van der Waals surface area contributed by atoms with Gasteiger partial charge in [-0.1, -0.05) is 26.0 Å². The summed E-state index contributed by atoms with van der Waals surface area (Å²) < 4.78 is 1.78. The van der Waals surface area contributed by atoms with Crippen molar-refractivity contribution in [3.8, 4) is 5.69 Å². The largest absolute Gasteiger partial charge is 0.346 e. The van der Waals surface area contributed by atoms with Gasteiger partial charge in [0.2, 0.25) is 11.8 Å². The van der Waals surface area contributed by atoms with Crippen LogP contribution in [0.5, 0.6) is 0 Å². The topological polar surface area (TPSA) is 102 Å². The molecule has 0 saturated carbocycles. The van der Waals surface area contributed by atoms with Gasteiger partial charge in [-0.05, 0) is 38.0 Å². The zero-order chi connectivity index (χ0) is 18.6. The number of carbonyl (C=O) groups excluding carboxylic acids is 2. The number of halogens is 1. The first kappa shape index (κ1) is 21.7. The normalized spacial score (nSPS) is 11.6. The van der Waals surface area contributed by atoms with Crippen LogP contribution in [-0.4, -0.2) is 34.2 Å². The van der Waals surface area contributed by atoms with Gasteiger partial charge in [-0.3, -0.25) is 9.59 Å². The smallest absolute Gasteiger partial charge is 0.243 e. The molecule has 2 aromatic rings. The molecule has 1 heterocycles. The number of aromatic nitrogens is 2. The van der Waals surface area contributed by atoms with E-state index >= 15 is 0 Å². The number of aryl methyl sites for hydroxylation is 2. The van der Waals surface area contributed by atoms with Gasteiger partial charge in [0.25, 0.3) is 0 Å². The third-order valence-corrected chi connectivity index (χ3v) is 3.86. The number of nitrogens with two attached hydrogens (primary N) is 1. The Morgan fingerprint density at radius 3 is 2.46 bits per heavy atom. The molecule has 1 aromatic heterocycles. The second kappa shape index (κ2) is 9.35. The van der Waals surface area contributed by atoms with Crippen molar-refractivity contribution in [2.24, 2.45) is 11.7 Å². The molecule has 1 aromatic carbocycles. The minimum atomic E-state index is -0.630. The average Bonchev–Trinajstić information content (AvgIpc) is 2.90. The minimum Gasteiger partial charge on any atom is -0.346 e. The highest BCUT2D eigenvalue weighted by Gasteiger charge is 2.18. The van der Waals surface area contributed by atoms with E-state index in [2.05, 4.69) is 15.7 Å². The molecule has 7 nitrogen and oxygen atoms in total. The van der Waals surface area contributed by atoms with Gasteiger partial charge in [-0.15, -0.1) is 12.4 Å². The Morgan fingerprint density at radius 1 is 1.23 bits per heavy atom. The Labute approximate surface area is 159 Å². The number of anilines is 1. The van der Waals surface area contributed by atoms with E-state index in [9.17, 15) is 9.59 Å². The minimum absolute atomic E-state index is 0. The van der Waals surface area contributed by atoms with Crippen molar-refractivity contribution in [1.29, 1.82) is 0 Å². The molecule has 1 atom stereocenters. The molecule has 4 N–H and O–H groups in total. The number of hydrogen-bond acceptors (Lipinski definition) is 4. The zero-order valence-electron chi connectivity index (χ0n) is 15.4. The first-order chi connectivity index (χ1) is 11.8. The lowest BCUT2D eigenvalue weighted by Crippen LogP contribution is -2.46. The van der Waals surface area contributed by atoms with Crippen molar-refractivity contribution < 1.29 is 9.59 Å². The van der Waals surface area contributed by atoms with E-state index < -0.39 is 6.04 Å². The zero-order valence-corrected chi connectivity index (χ0v) is 16.3. The Bertz CT molecular complexity index is 773. The first-order valence-corrected chi connectivity index (χ1v) is 8.25. The Kier molecular flexibility index (Phi) is 7.79. The van der Waals surface area contributed by atoms with E-state index in [1.165, 1.54) is 0 Å². The van der Waals surface area contributed by atoms with Gasteiger partial charge in [-0.25, -0.2) is 4.68 Å². The highest BCUT2D eigenvalue weighted by molar-refractivity contribution is 5.96. The van der Waals surface area contributed by atoms with Crippen molar-refractivity contribution in [2.45, 2.75) is 33.7 Å². The van der Waals surface area contributed by atoms with Crippen LogP contribution in [0.25, 0.3) is 5.69 Å². The number of hydrogen-bond donors (Lipinski definition) is 3. The van der Waals surface area contributed by atoms with Crippen LogP contribution in [0.1, 0.15) is 25.2 Å². The fourth-order valence-corrected chi connectivity index (χ4v) is 2.42. The Morgan fingerprint density at radius 2 is 1.88 bits per heavy atom. The highest BCUT2D eigenvalue weighted by atomic mass is 35.5. The summed E-state index contributed by atoms with van der Waals surface area (Å²) in [6.07, 6.45) is 0. The van der Waals surface area contributed by atoms with Crippen LogP contribution in [0.4, 0.5) is 5.69 Å². The number of benzene rings is 1. The van der Waals surface area contributed by atoms with E-state index in [4.69, 9.17) is 5.73 Å². The fourth-order valence-electron chi connectivity index (χ4n) is 2.42. The molecule has 142 valence electrons. The number of nitrogens with zero attached hydrogens (tertiary/aromatic N) is 2. The second-order valence-electron chi connectivity index (χ2n) is 6.39. The SMILES string of the molecule is Cc1cc(C)n(-c2ccccc2NC(=O)CNC(=O)[C@@H](N)C(C)C)n1.Cl. The van der Waals surface area contributed by atoms with Gasteiger partial charge in [0.1, 0.15) is 0 Å². The first-order valence-electron chi connectivity index (χ1n) is 8.25. The Hall–Kier alpha value is -2.38. The summed E-state index contributed by atoms with van der Waals surface area (Å²) in [7, 11) is 0. The molecule has 0 aliphatic carbocycles. The standard InChI is InChI=1S/C18H25N5O2.ClH/c1-11(2)17(19)18(25)20-10-16(24)21-14-7-5-6-8-15(14)23-13(4)9-12(3)22-23;/h5-9,11,17H,10,19H2,1-4H3,(H,20,25)(H,21,24);1H/t17-;/m0./s1. The van der Waals surface area contributed by atoms with E-state index in [-0.39, 0.29) is 36.7 Å². The van der Waals surface area contributed by atoms with E-state index in [0.717, 1.165) is 17.1 Å². The van der Waals surface area contributed by atoms with Crippen molar-refractivity contribution in [3.05, 3.63) is 41.7 Å². The fraction of sp³-hybridized carbons (Fsp3) is 0.389. The molecule has 0 bridgehead atoms. The predicted molar refractivity (Wildman–Crippen MR) is 105 cm³/mol. The lowest BCUT2D eigenvalue weighted by Gasteiger charge is -2.16.